The van der Waals surface area contributed by atoms with E-state index in [9.17, 15) is 4.79 Å². The van der Waals surface area contributed by atoms with Gasteiger partial charge >= 0.3 is 0 Å². The van der Waals surface area contributed by atoms with Gasteiger partial charge in [-0.15, -0.1) is 0 Å². The Morgan fingerprint density at radius 2 is 2.60 bits per heavy atom. The quantitative estimate of drug-likeness (QED) is 0.783. The number of ketones is 1. The van der Waals surface area contributed by atoms with Crippen molar-refractivity contribution in [3.8, 4) is 0 Å². The van der Waals surface area contributed by atoms with Crippen molar-refractivity contribution >= 4 is 5.78 Å². The van der Waals surface area contributed by atoms with E-state index in [0.717, 1.165) is 25.1 Å². The first-order valence-corrected chi connectivity index (χ1v) is 5.44. The Bertz CT molecular complexity index is 339. The molecule has 4 heteroatoms. The van der Waals surface area contributed by atoms with Crippen LogP contribution in [-0.4, -0.2) is 28.7 Å². The first-order valence-electron chi connectivity index (χ1n) is 5.44. The van der Waals surface area contributed by atoms with Crippen LogP contribution in [0, 0.1) is 5.92 Å². The van der Waals surface area contributed by atoms with Crippen LogP contribution in [0.15, 0.2) is 12.4 Å². The third-order valence-corrected chi connectivity index (χ3v) is 2.84. The minimum Gasteiger partial charge on any atom is -0.316 e. The van der Waals surface area contributed by atoms with Crippen LogP contribution in [0.3, 0.4) is 0 Å². The summed E-state index contributed by atoms with van der Waals surface area (Å²) in [5, 5.41) is 7.33. The fourth-order valence-corrected chi connectivity index (χ4v) is 2.07. The molecular formula is C11H17N3O. The van der Waals surface area contributed by atoms with Crippen molar-refractivity contribution in [3.05, 3.63) is 18.0 Å². The molecule has 1 aliphatic heterocycles. The molecule has 0 bridgehead atoms. The SMILES string of the molecule is Cn1cc(CC(=O)CC2CCNC2)cn1. The van der Waals surface area contributed by atoms with Crippen molar-refractivity contribution in [3.63, 3.8) is 0 Å². The molecule has 1 N–H and O–H groups in total. The Balaban J connectivity index is 1.81. The number of rotatable bonds is 4. The number of Topliss-reactive ketones (excluding diaryl/α,β-unsaturated/α-hetero) is 1. The summed E-state index contributed by atoms with van der Waals surface area (Å²) in [5.74, 6) is 0.880. The van der Waals surface area contributed by atoms with Crippen LogP contribution in [-0.2, 0) is 18.3 Å². The summed E-state index contributed by atoms with van der Waals surface area (Å²) < 4.78 is 1.74. The maximum atomic E-state index is 11.7. The van der Waals surface area contributed by atoms with Crippen LogP contribution in [0.2, 0.25) is 0 Å². The minimum absolute atomic E-state index is 0.330. The smallest absolute Gasteiger partial charge is 0.137 e. The highest BCUT2D eigenvalue weighted by Gasteiger charge is 2.18. The van der Waals surface area contributed by atoms with Crippen molar-refractivity contribution in [1.82, 2.24) is 15.1 Å². The molecule has 0 aliphatic carbocycles. The molecular weight excluding hydrogens is 190 g/mol. The summed E-state index contributed by atoms with van der Waals surface area (Å²) in [6.45, 7) is 2.06. The van der Waals surface area contributed by atoms with Gasteiger partial charge in [-0.25, -0.2) is 0 Å². The Hall–Kier alpha value is -1.16. The lowest BCUT2D eigenvalue weighted by atomic mass is 9.99. The van der Waals surface area contributed by atoms with Crippen LogP contribution in [0.1, 0.15) is 18.4 Å². The molecule has 0 saturated carbocycles. The first kappa shape index (κ1) is 10.4. The average molecular weight is 207 g/mol. The average Bonchev–Trinajstić information content (AvgIpc) is 2.77. The van der Waals surface area contributed by atoms with Crippen LogP contribution in [0.4, 0.5) is 0 Å². The minimum atomic E-state index is 0.330. The van der Waals surface area contributed by atoms with Gasteiger partial charge in [0.25, 0.3) is 0 Å². The standard InChI is InChI=1S/C11H17N3O/c1-14-8-10(7-13-14)5-11(15)4-9-2-3-12-6-9/h7-9,12H,2-6H2,1H3. The lowest BCUT2D eigenvalue weighted by Crippen LogP contribution is -2.13. The lowest BCUT2D eigenvalue weighted by Gasteiger charge is -2.05. The molecule has 1 atom stereocenters. The maximum Gasteiger partial charge on any atom is 0.137 e. The molecule has 0 spiro atoms. The van der Waals surface area contributed by atoms with Gasteiger partial charge in [0.1, 0.15) is 5.78 Å². The summed E-state index contributed by atoms with van der Waals surface area (Å²) in [5.41, 5.74) is 1.02. The highest BCUT2D eigenvalue weighted by atomic mass is 16.1. The number of nitrogens with zero attached hydrogens (tertiary/aromatic N) is 2. The summed E-state index contributed by atoms with van der Waals surface area (Å²) in [7, 11) is 1.87. The van der Waals surface area contributed by atoms with Gasteiger partial charge in [0.15, 0.2) is 0 Å². The lowest BCUT2D eigenvalue weighted by molar-refractivity contribution is -0.119. The third-order valence-electron chi connectivity index (χ3n) is 2.84. The fraction of sp³-hybridized carbons (Fsp3) is 0.636. The Morgan fingerprint density at radius 3 is 3.20 bits per heavy atom. The number of hydrogen-bond donors (Lipinski definition) is 1. The van der Waals surface area contributed by atoms with Crippen molar-refractivity contribution in [2.75, 3.05) is 13.1 Å². The van der Waals surface area contributed by atoms with E-state index >= 15 is 0 Å². The Kier molecular flexibility index (Phi) is 3.16. The summed E-state index contributed by atoms with van der Waals surface area (Å²) in [6, 6.07) is 0. The molecule has 0 aromatic carbocycles. The van der Waals surface area contributed by atoms with E-state index < -0.39 is 0 Å². The largest absolute Gasteiger partial charge is 0.316 e. The number of carbonyl (C=O) groups is 1. The summed E-state index contributed by atoms with van der Waals surface area (Å²) in [6.07, 6.45) is 6.06. The number of aryl methyl sites for hydroxylation is 1. The predicted molar refractivity (Wildman–Crippen MR) is 57.5 cm³/mol. The van der Waals surface area contributed by atoms with Gasteiger partial charge < -0.3 is 5.32 Å². The predicted octanol–water partition coefficient (Wildman–Crippen LogP) is 0.531. The monoisotopic (exact) mass is 207 g/mol. The molecule has 4 nitrogen and oxygen atoms in total. The van der Waals surface area contributed by atoms with E-state index in [-0.39, 0.29) is 0 Å². The second-order valence-electron chi connectivity index (χ2n) is 4.30. The van der Waals surface area contributed by atoms with Gasteiger partial charge in [-0.3, -0.25) is 9.48 Å². The van der Waals surface area contributed by atoms with Crippen molar-refractivity contribution in [1.29, 1.82) is 0 Å². The van der Waals surface area contributed by atoms with Gasteiger partial charge in [0, 0.05) is 26.1 Å². The van der Waals surface area contributed by atoms with E-state index in [1.54, 1.807) is 10.9 Å². The van der Waals surface area contributed by atoms with E-state index in [4.69, 9.17) is 0 Å². The zero-order valence-electron chi connectivity index (χ0n) is 9.07. The molecule has 1 aliphatic rings. The zero-order valence-corrected chi connectivity index (χ0v) is 9.07. The molecule has 0 radical (unpaired) electrons. The fourth-order valence-electron chi connectivity index (χ4n) is 2.07. The van der Waals surface area contributed by atoms with Gasteiger partial charge in [-0.2, -0.15) is 5.10 Å². The molecule has 0 amide bonds. The second kappa shape index (κ2) is 4.57. The number of hydrogen-bond acceptors (Lipinski definition) is 3. The molecule has 1 fully saturated rings. The van der Waals surface area contributed by atoms with Gasteiger partial charge in [0.05, 0.1) is 6.20 Å². The summed E-state index contributed by atoms with van der Waals surface area (Å²) >= 11 is 0. The Labute approximate surface area is 89.7 Å². The number of nitrogens with one attached hydrogen (secondary N) is 1. The molecule has 1 unspecified atom stereocenters. The Morgan fingerprint density at radius 1 is 1.73 bits per heavy atom. The van der Waals surface area contributed by atoms with E-state index in [2.05, 4.69) is 10.4 Å². The highest BCUT2D eigenvalue weighted by Crippen LogP contribution is 2.14. The van der Waals surface area contributed by atoms with Crippen LogP contribution < -0.4 is 5.32 Å². The van der Waals surface area contributed by atoms with Crippen LogP contribution >= 0.6 is 0 Å². The molecule has 1 aromatic rings. The van der Waals surface area contributed by atoms with Crippen LogP contribution in [0.5, 0.6) is 0 Å². The second-order valence-corrected chi connectivity index (χ2v) is 4.30. The van der Waals surface area contributed by atoms with Crippen molar-refractivity contribution in [2.45, 2.75) is 19.3 Å². The van der Waals surface area contributed by atoms with E-state index in [0.29, 0.717) is 24.5 Å². The van der Waals surface area contributed by atoms with Crippen molar-refractivity contribution in [2.24, 2.45) is 13.0 Å². The first-order chi connectivity index (χ1) is 7.24. The van der Waals surface area contributed by atoms with E-state index in [1.165, 1.54) is 0 Å². The molecule has 82 valence electrons. The van der Waals surface area contributed by atoms with Crippen molar-refractivity contribution < 1.29 is 4.79 Å². The van der Waals surface area contributed by atoms with E-state index in [1.807, 2.05) is 13.2 Å². The molecule has 15 heavy (non-hydrogen) atoms. The number of carbonyl (C=O) groups excluding carboxylic acids is 1. The van der Waals surface area contributed by atoms with Gasteiger partial charge in [-0.05, 0) is 31.0 Å². The molecule has 2 rings (SSSR count). The third kappa shape index (κ3) is 2.89. The van der Waals surface area contributed by atoms with Gasteiger partial charge in [-0.1, -0.05) is 0 Å². The van der Waals surface area contributed by atoms with Gasteiger partial charge in [0.2, 0.25) is 0 Å². The number of aromatic nitrogens is 2. The zero-order chi connectivity index (χ0) is 10.7. The topological polar surface area (TPSA) is 46.9 Å². The normalized spacial score (nSPS) is 20.7. The van der Waals surface area contributed by atoms with Crippen LogP contribution in [0.25, 0.3) is 0 Å². The summed E-state index contributed by atoms with van der Waals surface area (Å²) in [4.78, 5) is 11.7. The molecule has 2 heterocycles. The highest BCUT2D eigenvalue weighted by molar-refractivity contribution is 5.81. The molecule has 1 aromatic heterocycles. The maximum absolute atomic E-state index is 11.7. The molecule has 1 saturated heterocycles.